The van der Waals surface area contributed by atoms with E-state index in [4.69, 9.17) is 9.26 Å². The van der Waals surface area contributed by atoms with Crippen LogP contribution < -0.4 is 0 Å². The molecule has 8 heteroatoms. The number of aromatic nitrogens is 4. The van der Waals surface area contributed by atoms with Crippen LogP contribution in [0.25, 0.3) is 11.5 Å². The Morgan fingerprint density at radius 1 is 1.19 bits per heavy atom. The SMILES string of the molecule is C[C@H](O)c1nccn1Cc1cc(-c2ccc(C#CC#CCN3CCOCC3)cn2)on1. The van der Waals surface area contributed by atoms with Crippen molar-refractivity contribution in [2.75, 3.05) is 32.8 Å². The van der Waals surface area contributed by atoms with Gasteiger partial charge in [0.2, 0.25) is 0 Å². The normalized spacial score (nSPS) is 14.9. The summed E-state index contributed by atoms with van der Waals surface area (Å²) in [5.74, 6) is 13.0. The van der Waals surface area contributed by atoms with Gasteiger partial charge in [-0.25, -0.2) is 4.98 Å². The minimum absolute atomic E-state index is 0.455. The molecule has 0 aliphatic carbocycles. The van der Waals surface area contributed by atoms with Gasteiger partial charge in [-0.2, -0.15) is 0 Å². The molecule has 1 aliphatic heterocycles. The summed E-state index contributed by atoms with van der Waals surface area (Å²) in [5.41, 5.74) is 2.17. The molecule has 4 heterocycles. The molecule has 0 amide bonds. The van der Waals surface area contributed by atoms with Gasteiger partial charge in [0, 0.05) is 43.3 Å². The third-order valence-corrected chi connectivity index (χ3v) is 4.79. The fourth-order valence-corrected chi connectivity index (χ4v) is 3.18. The van der Waals surface area contributed by atoms with E-state index in [1.165, 1.54) is 0 Å². The average molecular weight is 417 g/mol. The van der Waals surface area contributed by atoms with E-state index >= 15 is 0 Å². The van der Waals surface area contributed by atoms with Crippen molar-refractivity contribution in [2.24, 2.45) is 0 Å². The molecular weight excluding hydrogens is 394 g/mol. The van der Waals surface area contributed by atoms with Gasteiger partial charge in [0.05, 0.1) is 26.3 Å². The molecule has 0 aromatic carbocycles. The Hall–Kier alpha value is -3.43. The molecule has 3 aromatic rings. The highest BCUT2D eigenvalue weighted by Crippen LogP contribution is 2.19. The molecule has 1 aliphatic rings. The summed E-state index contributed by atoms with van der Waals surface area (Å²) in [5, 5.41) is 13.9. The first-order chi connectivity index (χ1) is 15.2. The van der Waals surface area contributed by atoms with Crippen molar-refractivity contribution < 1.29 is 14.4 Å². The summed E-state index contributed by atoms with van der Waals surface area (Å²) < 4.78 is 12.6. The van der Waals surface area contributed by atoms with E-state index in [1.807, 2.05) is 22.8 Å². The monoisotopic (exact) mass is 417 g/mol. The smallest absolute Gasteiger partial charge is 0.185 e. The van der Waals surface area contributed by atoms with Crippen molar-refractivity contribution >= 4 is 0 Å². The van der Waals surface area contributed by atoms with E-state index < -0.39 is 6.10 Å². The molecule has 0 spiro atoms. The van der Waals surface area contributed by atoms with Crippen LogP contribution in [0.5, 0.6) is 0 Å². The van der Waals surface area contributed by atoms with Crippen molar-refractivity contribution in [3.05, 3.63) is 53.9 Å². The molecule has 1 saturated heterocycles. The molecule has 0 saturated carbocycles. The Bertz CT molecular complexity index is 1120. The molecule has 158 valence electrons. The summed E-state index contributed by atoms with van der Waals surface area (Å²) in [6.45, 7) is 6.21. The van der Waals surface area contributed by atoms with Crippen LogP contribution >= 0.6 is 0 Å². The van der Waals surface area contributed by atoms with Crippen LogP contribution in [-0.4, -0.2) is 62.5 Å². The Morgan fingerprint density at radius 2 is 2.06 bits per heavy atom. The quantitative estimate of drug-likeness (QED) is 0.632. The first-order valence-corrected chi connectivity index (χ1v) is 10.1. The van der Waals surface area contributed by atoms with Crippen LogP contribution in [0.1, 0.15) is 30.1 Å². The van der Waals surface area contributed by atoms with Crippen molar-refractivity contribution in [3.63, 3.8) is 0 Å². The Kier molecular flexibility index (Phi) is 6.75. The summed E-state index contributed by atoms with van der Waals surface area (Å²) >= 11 is 0. The topological polar surface area (TPSA) is 89.4 Å². The molecule has 1 N–H and O–H groups in total. The van der Waals surface area contributed by atoms with Gasteiger partial charge < -0.3 is 18.9 Å². The van der Waals surface area contributed by atoms with Gasteiger partial charge in [-0.05, 0) is 30.9 Å². The minimum atomic E-state index is -0.652. The van der Waals surface area contributed by atoms with Crippen LogP contribution in [0.15, 0.2) is 41.3 Å². The zero-order valence-corrected chi connectivity index (χ0v) is 17.3. The van der Waals surface area contributed by atoms with Gasteiger partial charge >= 0.3 is 0 Å². The number of imidazole rings is 1. The van der Waals surface area contributed by atoms with E-state index in [2.05, 4.69) is 43.7 Å². The predicted octanol–water partition coefficient (Wildman–Crippen LogP) is 1.72. The maximum Gasteiger partial charge on any atom is 0.185 e. The van der Waals surface area contributed by atoms with Crippen LogP contribution in [0.3, 0.4) is 0 Å². The highest BCUT2D eigenvalue weighted by molar-refractivity contribution is 5.53. The molecule has 31 heavy (non-hydrogen) atoms. The molecule has 0 unspecified atom stereocenters. The van der Waals surface area contributed by atoms with Gasteiger partial charge in [-0.3, -0.25) is 9.88 Å². The zero-order valence-electron chi connectivity index (χ0n) is 17.3. The van der Waals surface area contributed by atoms with Gasteiger partial charge in [-0.1, -0.05) is 17.0 Å². The lowest BCUT2D eigenvalue weighted by Gasteiger charge is -2.24. The third-order valence-electron chi connectivity index (χ3n) is 4.79. The second-order valence-corrected chi connectivity index (χ2v) is 7.14. The highest BCUT2D eigenvalue weighted by Gasteiger charge is 2.13. The number of aliphatic hydroxyl groups excluding tert-OH is 1. The maximum absolute atomic E-state index is 9.77. The largest absolute Gasteiger partial charge is 0.385 e. The molecule has 3 aromatic heterocycles. The van der Waals surface area contributed by atoms with E-state index in [0.717, 1.165) is 37.6 Å². The second kappa shape index (κ2) is 10.1. The third kappa shape index (κ3) is 5.59. The van der Waals surface area contributed by atoms with Gasteiger partial charge in [-0.15, -0.1) is 0 Å². The van der Waals surface area contributed by atoms with E-state index in [0.29, 0.717) is 30.4 Å². The number of morpholine rings is 1. The summed E-state index contributed by atoms with van der Waals surface area (Å²) in [7, 11) is 0. The van der Waals surface area contributed by atoms with Crippen molar-refractivity contribution in [3.8, 4) is 35.1 Å². The van der Waals surface area contributed by atoms with Crippen LogP contribution in [0.4, 0.5) is 0 Å². The molecule has 1 atom stereocenters. The van der Waals surface area contributed by atoms with E-state index in [-0.39, 0.29) is 0 Å². The lowest BCUT2D eigenvalue weighted by atomic mass is 10.2. The van der Waals surface area contributed by atoms with E-state index in [9.17, 15) is 5.11 Å². The predicted molar refractivity (Wildman–Crippen MR) is 114 cm³/mol. The Labute approximate surface area is 180 Å². The molecule has 0 radical (unpaired) electrons. The minimum Gasteiger partial charge on any atom is -0.385 e. The molecule has 0 bridgehead atoms. The van der Waals surface area contributed by atoms with Gasteiger partial charge in [0.1, 0.15) is 23.3 Å². The molecule has 8 nitrogen and oxygen atoms in total. The number of aliphatic hydroxyl groups is 1. The number of hydrogen-bond donors (Lipinski definition) is 1. The lowest BCUT2D eigenvalue weighted by Crippen LogP contribution is -2.36. The van der Waals surface area contributed by atoms with E-state index in [1.54, 1.807) is 25.5 Å². The lowest BCUT2D eigenvalue weighted by molar-refractivity contribution is 0.0443. The first-order valence-electron chi connectivity index (χ1n) is 10.1. The van der Waals surface area contributed by atoms with Gasteiger partial charge in [0.25, 0.3) is 0 Å². The number of rotatable bonds is 5. The number of hydrogen-bond acceptors (Lipinski definition) is 7. The fraction of sp³-hybridized carbons (Fsp3) is 0.348. The molecule has 4 rings (SSSR count). The van der Waals surface area contributed by atoms with Crippen molar-refractivity contribution in [1.82, 2.24) is 24.6 Å². The second-order valence-electron chi connectivity index (χ2n) is 7.14. The van der Waals surface area contributed by atoms with Crippen LogP contribution in [0.2, 0.25) is 0 Å². The Morgan fingerprint density at radius 3 is 2.84 bits per heavy atom. The van der Waals surface area contributed by atoms with Crippen molar-refractivity contribution in [2.45, 2.75) is 19.6 Å². The van der Waals surface area contributed by atoms with Crippen LogP contribution in [0, 0.1) is 23.7 Å². The number of pyridine rings is 1. The molecular formula is C23H23N5O3. The number of ether oxygens (including phenoxy) is 1. The van der Waals surface area contributed by atoms with Crippen LogP contribution in [-0.2, 0) is 11.3 Å². The first kappa shape index (κ1) is 20.8. The summed E-state index contributed by atoms with van der Waals surface area (Å²) in [6, 6.07) is 5.55. The van der Waals surface area contributed by atoms with Gasteiger partial charge in [0.15, 0.2) is 5.76 Å². The Balaban J connectivity index is 1.35. The maximum atomic E-state index is 9.77. The number of nitrogens with zero attached hydrogens (tertiary/aromatic N) is 5. The summed E-state index contributed by atoms with van der Waals surface area (Å²) in [6.07, 6.45) is 4.49. The fourth-order valence-electron chi connectivity index (χ4n) is 3.18. The average Bonchev–Trinajstić information content (AvgIpc) is 3.45. The standard InChI is InChI=1S/C23H23N5O3/c1-18(29)23-24-8-10-28(23)17-20-15-22(31-26-20)21-7-6-19(16-25-21)5-3-2-4-9-27-11-13-30-14-12-27/h6-8,10,15-16,18,29H,9,11-14,17H2,1H3/t18-/m0/s1. The van der Waals surface area contributed by atoms with Crippen molar-refractivity contribution in [1.29, 1.82) is 0 Å². The highest BCUT2D eigenvalue weighted by atomic mass is 16.5. The zero-order chi connectivity index (χ0) is 21.5. The molecule has 1 fully saturated rings. The summed E-state index contributed by atoms with van der Waals surface area (Å²) in [4.78, 5) is 10.8.